The second kappa shape index (κ2) is 9.86. The molecule has 0 aliphatic rings. The second-order valence-corrected chi connectivity index (χ2v) is 7.66. The molecule has 2 N–H and O–H groups in total. The molecular formula is C19H18N4O3S2. The summed E-state index contributed by atoms with van der Waals surface area (Å²) in [4.78, 5) is 24.5. The Morgan fingerprint density at radius 2 is 1.79 bits per heavy atom. The Morgan fingerprint density at radius 1 is 1.04 bits per heavy atom. The normalized spacial score (nSPS) is 10.3. The van der Waals surface area contributed by atoms with E-state index in [2.05, 4.69) is 20.8 Å². The molecule has 9 heteroatoms. The predicted molar refractivity (Wildman–Crippen MR) is 111 cm³/mol. The van der Waals surface area contributed by atoms with E-state index in [-0.39, 0.29) is 17.6 Å². The first-order valence-electron chi connectivity index (χ1n) is 8.50. The van der Waals surface area contributed by atoms with Crippen LogP contribution in [-0.4, -0.2) is 34.4 Å². The van der Waals surface area contributed by atoms with Crippen LogP contribution in [-0.2, 0) is 4.79 Å². The van der Waals surface area contributed by atoms with Crippen LogP contribution < -0.4 is 15.4 Å². The van der Waals surface area contributed by atoms with E-state index in [0.29, 0.717) is 27.4 Å². The molecule has 1 aromatic heterocycles. The number of amides is 2. The quantitative estimate of drug-likeness (QED) is 0.429. The molecule has 0 saturated carbocycles. The van der Waals surface area contributed by atoms with Gasteiger partial charge in [-0.1, -0.05) is 53.4 Å². The third-order valence-corrected chi connectivity index (χ3v) is 5.41. The van der Waals surface area contributed by atoms with Crippen molar-refractivity contribution in [2.75, 3.05) is 23.0 Å². The largest absolute Gasteiger partial charge is 0.493 e. The van der Waals surface area contributed by atoms with Gasteiger partial charge in [-0.3, -0.25) is 14.9 Å². The Labute approximate surface area is 170 Å². The molecule has 28 heavy (non-hydrogen) atoms. The average Bonchev–Trinajstić information content (AvgIpc) is 3.15. The van der Waals surface area contributed by atoms with Gasteiger partial charge in [-0.2, -0.15) is 0 Å². The van der Waals surface area contributed by atoms with Crippen LogP contribution in [0.25, 0.3) is 0 Å². The van der Waals surface area contributed by atoms with Gasteiger partial charge in [0, 0.05) is 5.69 Å². The topological polar surface area (TPSA) is 93.2 Å². The molecule has 3 aromatic rings. The number of aromatic nitrogens is 2. The highest BCUT2D eigenvalue weighted by atomic mass is 32.2. The minimum atomic E-state index is -0.321. The lowest BCUT2D eigenvalue weighted by Crippen LogP contribution is -2.13. The van der Waals surface area contributed by atoms with Crippen molar-refractivity contribution in [2.45, 2.75) is 11.3 Å². The van der Waals surface area contributed by atoms with Crippen molar-refractivity contribution >= 4 is 45.7 Å². The summed E-state index contributed by atoms with van der Waals surface area (Å²) in [5.74, 6) is 0.255. The first-order chi connectivity index (χ1) is 13.7. The lowest BCUT2D eigenvalue weighted by molar-refractivity contribution is -0.113. The van der Waals surface area contributed by atoms with Crippen molar-refractivity contribution in [1.82, 2.24) is 10.2 Å². The second-order valence-electron chi connectivity index (χ2n) is 5.46. The molecule has 0 atom stereocenters. The summed E-state index contributed by atoms with van der Waals surface area (Å²) >= 11 is 2.47. The molecule has 2 aromatic carbocycles. The molecule has 0 aliphatic heterocycles. The number of thioether (sulfide) groups is 1. The molecule has 0 saturated heterocycles. The van der Waals surface area contributed by atoms with E-state index in [1.54, 1.807) is 18.2 Å². The van der Waals surface area contributed by atoms with Crippen molar-refractivity contribution in [2.24, 2.45) is 0 Å². The molecule has 0 fully saturated rings. The summed E-state index contributed by atoms with van der Waals surface area (Å²) in [7, 11) is 0. The smallest absolute Gasteiger partial charge is 0.261 e. The van der Waals surface area contributed by atoms with Gasteiger partial charge in [0.05, 0.1) is 17.9 Å². The van der Waals surface area contributed by atoms with Gasteiger partial charge in [-0.25, -0.2) is 0 Å². The van der Waals surface area contributed by atoms with Crippen molar-refractivity contribution in [1.29, 1.82) is 0 Å². The summed E-state index contributed by atoms with van der Waals surface area (Å²) in [5, 5.41) is 13.9. The third-order valence-electron chi connectivity index (χ3n) is 3.44. The Hall–Kier alpha value is -2.91. The Balaban J connectivity index is 1.54. The first kappa shape index (κ1) is 19.8. The fourth-order valence-electron chi connectivity index (χ4n) is 2.26. The number of hydrogen-bond donors (Lipinski definition) is 2. The van der Waals surface area contributed by atoms with Crippen LogP contribution in [0.1, 0.15) is 17.3 Å². The molecule has 3 rings (SSSR count). The van der Waals surface area contributed by atoms with Gasteiger partial charge in [-0.15, -0.1) is 10.2 Å². The van der Waals surface area contributed by atoms with Crippen molar-refractivity contribution < 1.29 is 14.3 Å². The minimum Gasteiger partial charge on any atom is -0.493 e. The van der Waals surface area contributed by atoms with Crippen LogP contribution in [0.3, 0.4) is 0 Å². The number of hydrogen-bond acceptors (Lipinski definition) is 7. The standard InChI is InChI=1S/C19H18N4O3S2/c1-2-26-15-11-7-6-10-14(15)17(25)21-18-22-23-19(28-18)27-12-16(24)20-13-8-4-3-5-9-13/h3-11H,2,12H2,1H3,(H,20,24)(H,21,22,25). The number of rotatable bonds is 8. The molecule has 0 bridgehead atoms. The van der Waals surface area contributed by atoms with Crippen LogP contribution in [0.15, 0.2) is 58.9 Å². The third kappa shape index (κ3) is 5.54. The van der Waals surface area contributed by atoms with Crippen LogP contribution in [0, 0.1) is 0 Å². The van der Waals surface area contributed by atoms with Gasteiger partial charge in [-0.05, 0) is 31.2 Å². The maximum absolute atomic E-state index is 12.5. The van der Waals surface area contributed by atoms with Crippen molar-refractivity contribution in [3.63, 3.8) is 0 Å². The number of carbonyl (C=O) groups is 2. The summed E-state index contributed by atoms with van der Waals surface area (Å²) in [6, 6.07) is 16.2. The molecule has 7 nitrogen and oxygen atoms in total. The number of ether oxygens (including phenoxy) is 1. The highest BCUT2D eigenvalue weighted by molar-refractivity contribution is 8.01. The highest BCUT2D eigenvalue weighted by Gasteiger charge is 2.15. The molecule has 0 aliphatic carbocycles. The number of carbonyl (C=O) groups excluding carboxylic acids is 2. The Morgan fingerprint density at radius 3 is 2.57 bits per heavy atom. The SMILES string of the molecule is CCOc1ccccc1C(=O)Nc1nnc(SCC(=O)Nc2ccccc2)s1. The van der Waals surface area contributed by atoms with E-state index >= 15 is 0 Å². The van der Waals surface area contributed by atoms with E-state index in [4.69, 9.17) is 4.74 Å². The minimum absolute atomic E-state index is 0.136. The summed E-state index contributed by atoms with van der Waals surface area (Å²) in [6.45, 7) is 2.33. The van der Waals surface area contributed by atoms with Crippen LogP contribution in [0.4, 0.5) is 10.8 Å². The predicted octanol–water partition coefficient (Wildman–Crippen LogP) is 3.92. The zero-order valence-corrected chi connectivity index (χ0v) is 16.7. The number of nitrogens with zero attached hydrogens (tertiary/aromatic N) is 2. The van der Waals surface area contributed by atoms with Crippen molar-refractivity contribution in [3.05, 3.63) is 60.2 Å². The number of anilines is 2. The maximum atomic E-state index is 12.5. The molecule has 0 spiro atoms. The van der Waals surface area contributed by atoms with E-state index in [9.17, 15) is 9.59 Å². The zero-order valence-electron chi connectivity index (χ0n) is 15.0. The molecule has 144 valence electrons. The van der Waals surface area contributed by atoms with Gasteiger partial charge in [0.25, 0.3) is 5.91 Å². The van der Waals surface area contributed by atoms with E-state index in [1.807, 2.05) is 43.3 Å². The van der Waals surface area contributed by atoms with Crippen LogP contribution in [0.5, 0.6) is 5.75 Å². The Bertz CT molecular complexity index is 947. The number of nitrogens with one attached hydrogen (secondary N) is 2. The van der Waals surface area contributed by atoms with E-state index < -0.39 is 0 Å². The van der Waals surface area contributed by atoms with Crippen molar-refractivity contribution in [3.8, 4) is 5.75 Å². The lowest BCUT2D eigenvalue weighted by atomic mass is 10.2. The Kier molecular flexibility index (Phi) is 6.99. The van der Waals surface area contributed by atoms with Gasteiger partial charge in [0.1, 0.15) is 5.75 Å². The molecule has 2 amide bonds. The fourth-order valence-corrected chi connectivity index (χ4v) is 3.81. The summed E-state index contributed by atoms with van der Waals surface area (Å²) in [5.41, 5.74) is 1.17. The highest BCUT2D eigenvalue weighted by Crippen LogP contribution is 2.27. The monoisotopic (exact) mass is 414 g/mol. The number of benzene rings is 2. The van der Waals surface area contributed by atoms with Gasteiger partial charge in [0.2, 0.25) is 11.0 Å². The van der Waals surface area contributed by atoms with E-state index in [0.717, 1.165) is 5.69 Å². The zero-order chi connectivity index (χ0) is 19.8. The lowest BCUT2D eigenvalue weighted by Gasteiger charge is -2.08. The maximum Gasteiger partial charge on any atom is 0.261 e. The average molecular weight is 415 g/mol. The van der Waals surface area contributed by atoms with Gasteiger partial charge >= 0.3 is 0 Å². The van der Waals surface area contributed by atoms with Crippen LogP contribution in [0.2, 0.25) is 0 Å². The number of para-hydroxylation sites is 2. The van der Waals surface area contributed by atoms with Gasteiger partial charge < -0.3 is 10.1 Å². The summed E-state index contributed by atoms with van der Waals surface area (Å²) in [6.07, 6.45) is 0. The molecule has 0 unspecified atom stereocenters. The molecule has 0 radical (unpaired) electrons. The van der Waals surface area contributed by atoms with Gasteiger partial charge in [0.15, 0.2) is 4.34 Å². The molecule has 1 heterocycles. The van der Waals surface area contributed by atoms with E-state index in [1.165, 1.54) is 23.1 Å². The van der Waals surface area contributed by atoms with Crippen LogP contribution >= 0.6 is 23.1 Å². The first-order valence-corrected chi connectivity index (χ1v) is 10.3. The fraction of sp³-hybridized carbons (Fsp3) is 0.158. The molecular weight excluding hydrogens is 396 g/mol. The summed E-state index contributed by atoms with van der Waals surface area (Å²) < 4.78 is 6.07.